The molecule has 2 aromatic rings. The molecule has 0 amide bonds. The number of rotatable bonds is 2. The number of carbonyl (C=O) groups is 1. The molecule has 0 unspecified atom stereocenters. The van der Waals surface area contributed by atoms with E-state index in [0.29, 0.717) is 30.0 Å². The number of nitrogens with zero attached hydrogens (tertiary/aromatic N) is 3. The van der Waals surface area contributed by atoms with Crippen molar-refractivity contribution in [3.05, 3.63) is 53.3 Å². The summed E-state index contributed by atoms with van der Waals surface area (Å²) in [6, 6.07) is 11.8. The summed E-state index contributed by atoms with van der Waals surface area (Å²) < 4.78 is 4.74. The van der Waals surface area contributed by atoms with Crippen molar-refractivity contribution in [1.82, 2.24) is 4.98 Å². The Bertz CT molecular complexity index is 782. The molecule has 0 bridgehead atoms. The Kier molecular flexibility index (Phi) is 4.11. The van der Waals surface area contributed by atoms with Crippen molar-refractivity contribution in [2.45, 2.75) is 6.54 Å². The van der Waals surface area contributed by atoms with Gasteiger partial charge in [-0.3, -0.25) is 0 Å². The Morgan fingerprint density at radius 2 is 2.26 bits per heavy atom. The van der Waals surface area contributed by atoms with E-state index in [0.717, 1.165) is 17.8 Å². The van der Waals surface area contributed by atoms with E-state index < -0.39 is 5.97 Å². The van der Waals surface area contributed by atoms with Crippen LogP contribution in [-0.4, -0.2) is 31.2 Å². The quantitative estimate of drug-likeness (QED) is 0.857. The Hall–Kier alpha value is -3.07. The van der Waals surface area contributed by atoms with Crippen molar-refractivity contribution >= 4 is 17.3 Å². The van der Waals surface area contributed by atoms with Gasteiger partial charge >= 0.3 is 5.97 Å². The van der Waals surface area contributed by atoms with E-state index in [9.17, 15) is 10.1 Å². The fourth-order valence-electron chi connectivity index (χ4n) is 2.66. The summed E-state index contributed by atoms with van der Waals surface area (Å²) in [5.41, 5.74) is 3.51. The topological polar surface area (TPSA) is 78.2 Å². The number of esters is 1. The number of anilines is 2. The molecule has 0 saturated heterocycles. The monoisotopic (exact) mass is 308 g/mol. The lowest BCUT2D eigenvalue weighted by Crippen LogP contribution is -2.27. The first kappa shape index (κ1) is 14.9. The largest absolute Gasteiger partial charge is 0.465 e. The third kappa shape index (κ3) is 2.94. The van der Waals surface area contributed by atoms with Gasteiger partial charge in [-0.2, -0.15) is 5.26 Å². The maximum Gasteiger partial charge on any atom is 0.339 e. The number of aromatic nitrogens is 1. The molecule has 1 aromatic carbocycles. The minimum Gasteiger partial charge on any atom is -0.465 e. The highest BCUT2D eigenvalue weighted by Gasteiger charge is 2.19. The summed E-state index contributed by atoms with van der Waals surface area (Å²) in [7, 11) is 1.33. The summed E-state index contributed by atoms with van der Waals surface area (Å²) in [4.78, 5) is 17.9. The fraction of sp³-hybridized carbons (Fsp3) is 0.235. The zero-order valence-electron chi connectivity index (χ0n) is 12.7. The van der Waals surface area contributed by atoms with Crippen molar-refractivity contribution in [2.75, 3.05) is 30.4 Å². The number of fused-ring (bicyclic) bond motifs is 1. The minimum atomic E-state index is -0.461. The Morgan fingerprint density at radius 1 is 1.43 bits per heavy atom. The van der Waals surface area contributed by atoms with Crippen LogP contribution in [0.2, 0.25) is 0 Å². The van der Waals surface area contributed by atoms with Crippen molar-refractivity contribution in [2.24, 2.45) is 0 Å². The van der Waals surface area contributed by atoms with Crippen LogP contribution in [0.1, 0.15) is 21.6 Å². The fourth-order valence-corrected chi connectivity index (χ4v) is 2.66. The van der Waals surface area contributed by atoms with Crippen molar-refractivity contribution < 1.29 is 9.53 Å². The molecule has 1 aliphatic heterocycles. The lowest BCUT2D eigenvalue weighted by atomic mass is 10.1. The van der Waals surface area contributed by atoms with Gasteiger partial charge in [-0.1, -0.05) is 18.2 Å². The van der Waals surface area contributed by atoms with E-state index >= 15 is 0 Å². The molecule has 0 spiro atoms. The van der Waals surface area contributed by atoms with Gasteiger partial charge in [0.05, 0.1) is 18.4 Å². The molecule has 6 heteroatoms. The molecule has 0 fully saturated rings. The molecule has 0 atom stereocenters. The van der Waals surface area contributed by atoms with Crippen molar-refractivity contribution in [3.8, 4) is 6.07 Å². The maximum atomic E-state index is 11.7. The van der Waals surface area contributed by atoms with E-state index in [4.69, 9.17) is 4.74 Å². The third-order valence-corrected chi connectivity index (χ3v) is 3.81. The summed E-state index contributed by atoms with van der Waals surface area (Å²) in [5, 5.41) is 12.7. The third-order valence-electron chi connectivity index (χ3n) is 3.81. The lowest BCUT2D eigenvalue weighted by Gasteiger charge is -2.23. The number of pyridine rings is 1. The van der Waals surface area contributed by atoms with Gasteiger partial charge in [0.1, 0.15) is 6.07 Å². The van der Waals surface area contributed by atoms with Crippen LogP contribution < -0.4 is 10.2 Å². The van der Waals surface area contributed by atoms with Crippen LogP contribution in [-0.2, 0) is 11.3 Å². The first-order valence-electron chi connectivity index (χ1n) is 7.28. The number of para-hydroxylation sites is 1. The second-order valence-corrected chi connectivity index (χ2v) is 5.20. The van der Waals surface area contributed by atoms with Crippen LogP contribution in [0.5, 0.6) is 0 Å². The van der Waals surface area contributed by atoms with Gasteiger partial charge in [-0.25, -0.2) is 9.78 Å². The number of carbonyl (C=O) groups excluding carboxylic acids is 1. The zero-order valence-corrected chi connectivity index (χ0v) is 12.7. The minimum absolute atomic E-state index is 0.303. The molecule has 2 heterocycles. The van der Waals surface area contributed by atoms with Crippen LogP contribution >= 0.6 is 0 Å². The van der Waals surface area contributed by atoms with Gasteiger partial charge in [0.15, 0.2) is 5.69 Å². The SMILES string of the molecule is COC(=O)c1cnc(C#N)c(N2CCNc3ccccc3C2)c1. The molecular formula is C17H16N4O2. The zero-order chi connectivity index (χ0) is 16.2. The molecule has 1 aliphatic rings. The van der Waals surface area contributed by atoms with E-state index in [-0.39, 0.29) is 0 Å². The van der Waals surface area contributed by atoms with Crippen molar-refractivity contribution in [3.63, 3.8) is 0 Å². The maximum absolute atomic E-state index is 11.7. The van der Waals surface area contributed by atoms with E-state index in [1.807, 2.05) is 24.3 Å². The first-order valence-corrected chi connectivity index (χ1v) is 7.28. The van der Waals surface area contributed by atoms with Gasteiger partial charge in [0, 0.05) is 31.5 Å². The highest BCUT2D eigenvalue weighted by atomic mass is 16.5. The van der Waals surface area contributed by atoms with Crippen LogP contribution in [0.3, 0.4) is 0 Å². The lowest BCUT2D eigenvalue weighted by molar-refractivity contribution is 0.0600. The number of methoxy groups -OCH3 is 1. The second-order valence-electron chi connectivity index (χ2n) is 5.20. The molecule has 0 radical (unpaired) electrons. The molecule has 0 aliphatic carbocycles. The highest BCUT2D eigenvalue weighted by molar-refractivity contribution is 5.90. The summed E-state index contributed by atoms with van der Waals surface area (Å²) >= 11 is 0. The van der Waals surface area contributed by atoms with Gasteiger partial charge in [-0.15, -0.1) is 0 Å². The summed E-state index contributed by atoms with van der Waals surface area (Å²) in [6.07, 6.45) is 1.37. The molecule has 0 saturated carbocycles. The van der Waals surface area contributed by atoms with Crippen molar-refractivity contribution in [1.29, 1.82) is 5.26 Å². The van der Waals surface area contributed by atoms with Crippen LogP contribution in [0.15, 0.2) is 36.5 Å². The first-order chi connectivity index (χ1) is 11.2. The van der Waals surface area contributed by atoms with E-state index in [1.54, 1.807) is 6.07 Å². The molecule has 6 nitrogen and oxygen atoms in total. The molecular weight excluding hydrogens is 292 g/mol. The molecule has 116 valence electrons. The summed E-state index contributed by atoms with van der Waals surface area (Å²) in [6.45, 7) is 2.09. The number of nitrogens with one attached hydrogen (secondary N) is 1. The Morgan fingerprint density at radius 3 is 3.04 bits per heavy atom. The summed E-state index contributed by atoms with van der Waals surface area (Å²) in [5.74, 6) is -0.461. The number of nitriles is 1. The number of hydrogen-bond donors (Lipinski definition) is 1. The normalized spacial score (nSPS) is 13.3. The van der Waals surface area contributed by atoms with E-state index in [2.05, 4.69) is 21.3 Å². The van der Waals surface area contributed by atoms with Gasteiger partial charge in [0.2, 0.25) is 0 Å². The van der Waals surface area contributed by atoms with E-state index in [1.165, 1.54) is 13.3 Å². The molecule has 1 N–H and O–H groups in total. The van der Waals surface area contributed by atoms with Gasteiger partial charge in [-0.05, 0) is 17.7 Å². The molecule has 3 rings (SSSR count). The number of benzene rings is 1. The van der Waals surface area contributed by atoms with Gasteiger partial charge < -0.3 is 15.0 Å². The number of ether oxygens (including phenoxy) is 1. The number of hydrogen-bond acceptors (Lipinski definition) is 6. The Labute approximate surface area is 134 Å². The predicted molar refractivity (Wildman–Crippen MR) is 86.3 cm³/mol. The molecule has 23 heavy (non-hydrogen) atoms. The van der Waals surface area contributed by atoms with Crippen LogP contribution in [0, 0.1) is 11.3 Å². The average molecular weight is 308 g/mol. The van der Waals surface area contributed by atoms with Gasteiger partial charge in [0.25, 0.3) is 0 Å². The standard InChI is InChI=1S/C17H16N4O2/c1-23-17(22)13-8-16(15(9-18)20-10-13)21-7-6-19-14-5-3-2-4-12(14)11-21/h2-5,8,10,19H,6-7,11H2,1H3. The van der Waals surface area contributed by atoms with Crippen LogP contribution in [0.25, 0.3) is 0 Å². The molecule has 1 aromatic heterocycles. The highest BCUT2D eigenvalue weighted by Crippen LogP contribution is 2.26. The second kappa shape index (κ2) is 6.36. The Balaban J connectivity index is 2.00. The predicted octanol–water partition coefficient (Wildman–Crippen LogP) is 2.17. The van der Waals surface area contributed by atoms with Crippen LogP contribution in [0.4, 0.5) is 11.4 Å². The average Bonchev–Trinajstić information content (AvgIpc) is 2.82. The smallest absolute Gasteiger partial charge is 0.339 e.